The van der Waals surface area contributed by atoms with Crippen molar-refractivity contribution in [1.29, 1.82) is 0 Å². The third kappa shape index (κ3) is 2.61. The second-order valence-electron chi connectivity index (χ2n) is 5.06. The molecule has 1 aliphatic heterocycles. The Morgan fingerprint density at radius 3 is 2.84 bits per heavy atom. The number of nitrogens with zero attached hydrogens (tertiary/aromatic N) is 1. The zero-order chi connectivity index (χ0) is 13.1. The Morgan fingerprint density at radius 2 is 2.05 bits per heavy atom. The fourth-order valence-corrected chi connectivity index (χ4v) is 2.81. The van der Waals surface area contributed by atoms with Crippen LogP contribution in [-0.4, -0.2) is 18.2 Å². The largest absolute Gasteiger partial charge is 0.381 e. The third-order valence-corrected chi connectivity index (χ3v) is 3.89. The highest BCUT2D eigenvalue weighted by Gasteiger charge is 2.24. The highest BCUT2D eigenvalue weighted by atomic mass is 16.5. The molecule has 1 aliphatic rings. The first-order valence-corrected chi connectivity index (χ1v) is 6.77. The summed E-state index contributed by atoms with van der Waals surface area (Å²) in [5.74, 6) is 6.28. The summed E-state index contributed by atoms with van der Waals surface area (Å²) >= 11 is 0. The number of rotatable bonds is 3. The van der Waals surface area contributed by atoms with Gasteiger partial charge < -0.3 is 4.74 Å². The molecule has 2 heterocycles. The first kappa shape index (κ1) is 12.5. The number of hydrazine groups is 1. The maximum absolute atomic E-state index is 5.76. The molecule has 4 nitrogen and oxygen atoms in total. The first-order valence-electron chi connectivity index (χ1n) is 6.77. The predicted molar refractivity (Wildman–Crippen MR) is 75.4 cm³/mol. The van der Waals surface area contributed by atoms with Crippen LogP contribution in [-0.2, 0) is 4.74 Å². The summed E-state index contributed by atoms with van der Waals surface area (Å²) in [7, 11) is 0. The third-order valence-electron chi connectivity index (χ3n) is 3.89. The van der Waals surface area contributed by atoms with Crippen molar-refractivity contribution in [2.45, 2.75) is 18.9 Å². The van der Waals surface area contributed by atoms with E-state index < -0.39 is 0 Å². The molecular weight excluding hydrogens is 238 g/mol. The van der Waals surface area contributed by atoms with Gasteiger partial charge in [-0.2, -0.15) is 0 Å². The average molecular weight is 257 g/mol. The number of hydrogen-bond donors (Lipinski definition) is 2. The van der Waals surface area contributed by atoms with Gasteiger partial charge in [0.25, 0.3) is 0 Å². The van der Waals surface area contributed by atoms with E-state index in [9.17, 15) is 0 Å². The molecule has 0 saturated carbocycles. The average Bonchev–Trinajstić information content (AvgIpc) is 2.49. The summed E-state index contributed by atoms with van der Waals surface area (Å²) < 4.78 is 5.42. The zero-order valence-corrected chi connectivity index (χ0v) is 10.9. The van der Waals surface area contributed by atoms with Crippen molar-refractivity contribution in [3.63, 3.8) is 0 Å². The molecule has 0 radical (unpaired) electrons. The molecule has 1 fully saturated rings. The van der Waals surface area contributed by atoms with Crippen LogP contribution in [0, 0.1) is 5.92 Å². The van der Waals surface area contributed by atoms with E-state index in [2.05, 4.69) is 22.5 Å². The fourth-order valence-electron chi connectivity index (χ4n) is 2.81. The second kappa shape index (κ2) is 5.65. The topological polar surface area (TPSA) is 60.2 Å². The molecule has 1 unspecified atom stereocenters. The Hall–Kier alpha value is -1.49. The van der Waals surface area contributed by atoms with Crippen LogP contribution in [0.1, 0.15) is 24.4 Å². The molecule has 0 spiro atoms. The molecule has 1 saturated heterocycles. The molecule has 1 atom stereocenters. The summed E-state index contributed by atoms with van der Waals surface area (Å²) in [4.78, 5) is 4.52. The fraction of sp³-hybridized carbons (Fsp3) is 0.400. The lowest BCUT2D eigenvalue weighted by atomic mass is 9.88. The lowest BCUT2D eigenvalue weighted by Crippen LogP contribution is -2.36. The van der Waals surface area contributed by atoms with E-state index in [4.69, 9.17) is 10.6 Å². The van der Waals surface area contributed by atoms with Crippen molar-refractivity contribution in [2.24, 2.45) is 11.8 Å². The number of fused-ring (bicyclic) bond motifs is 1. The number of nitrogens with two attached hydrogens (primary N) is 1. The first-order chi connectivity index (χ1) is 9.38. The van der Waals surface area contributed by atoms with Crippen LogP contribution in [0.5, 0.6) is 0 Å². The Morgan fingerprint density at radius 1 is 1.26 bits per heavy atom. The molecule has 1 aromatic carbocycles. The summed E-state index contributed by atoms with van der Waals surface area (Å²) in [5.41, 5.74) is 5.14. The monoisotopic (exact) mass is 257 g/mol. The number of ether oxygens (including phenoxy) is 1. The van der Waals surface area contributed by atoms with Gasteiger partial charge in [-0.05, 0) is 36.5 Å². The van der Waals surface area contributed by atoms with Crippen molar-refractivity contribution >= 4 is 10.9 Å². The van der Waals surface area contributed by atoms with Gasteiger partial charge in [0.05, 0.1) is 11.6 Å². The van der Waals surface area contributed by atoms with Crippen molar-refractivity contribution < 1.29 is 4.74 Å². The maximum Gasteiger partial charge on any atom is 0.0702 e. The van der Waals surface area contributed by atoms with E-state index in [1.54, 1.807) is 0 Å². The van der Waals surface area contributed by atoms with Gasteiger partial charge in [-0.3, -0.25) is 16.3 Å². The highest BCUT2D eigenvalue weighted by molar-refractivity contribution is 5.78. The van der Waals surface area contributed by atoms with Crippen molar-refractivity contribution in [1.82, 2.24) is 10.4 Å². The van der Waals surface area contributed by atoms with E-state index >= 15 is 0 Å². The molecule has 4 heteroatoms. The molecule has 0 bridgehead atoms. The normalized spacial score (nSPS) is 18.6. The van der Waals surface area contributed by atoms with Crippen LogP contribution < -0.4 is 11.3 Å². The molecule has 0 amide bonds. The Bertz CT molecular complexity index is 552. The number of nitrogens with one attached hydrogen (secondary N) is 1. The quantitative estimate of drug-likeness (QED) is 0.653. The van der Waals surface area contributed by atoms with E-state index in [0.29, 0.717) is 5.92 Å². The van der Waals surface area contributed by atoms with Gasteiger partial charge in [-0.25, -0.2) is 0 Å². The van der Waals surface area contributed by atoms with Crippen LogP contribution in [0.15, 0.2) is 36.5 Å². The summed E-state index contributed by atoms with van der Waals surface area (Å²) in [6, 6.07) is 10.5. The molecule has 100 valence electrons. The van der Waals surface area contributed by atoms with Crippen molar-refractivity contribution in [3.05, 3.63) is 42.1 Å². The number of pyridine rings is 1. The molecule has 0 aliphatic carbocycles. The minimum atomic E-state index is 0.154. The van der Waals surface area contributed by atoms with Gasteiger partial charge in [0.15, 0.2) is 0 Å². The lowest BCUT2D eigenvalue weighted by molar-refractivity contribution is 0.0536. The minimum Gasteiger partial charge on any atom is -0.381 e. The van der Waals surface area contributed by atoms with Crippen LogP contribution >= 0.6 is 0 Å². The van der Waals surface area contributed by atoms with E-state index in [0.717, 1.165) is 42.5 Å². The highest BCUT2D eigenvalue weighted by Crippen LogP contribution is 2.30. The predicted octanol–water partition coefficient (Wildman–Crippen LogP) is 2.17. The van der Waals surface area contributed by atoms with E-state index in [-0.39, 0.29) is 6.04 Å². The van der Waals surface area contributed by atoms with Crippen molar-refractivity contribution in [2.75, 3.05) is 13.2 Å². The Kier molecular flexibility index (Phi) is 3.73. The molecule has 3 rings (SSSR count). The van der Waals surface area contributed by atoms with Gasteiger partial charge in [-0.15, -0.1) is 0 Å². The smallest absolute Gasteiger partial charge is 0.0702 e. The van der Waals surface area contributed by atoms with Gasteiger partial charge in [0.1, 0.15) is 0 Å². The number of benzene rings is 1. The summed E-state index contributed by atoms with van der Waals surface area (Å²) in [6.07, 6.45) is 4.02. The molecule has 2 aromatic rings. The standard InChI is InChI=1S/C15H19N3O/c16-18-15(11-5-7-19-8-6-11)13-9-12-3-1-2-4-14(12)17-10-13/h1-4,9-11,15,18H,5-8,16H2. The van der Waals surface area contributed by atoms with Crippen LogP contribution in [0.25, 0.3) is 10.9 Å². The van der Waals surface area contributed by atoms with Gasteiger partial charge in [0.2, 0.25) is 0 Å². The Balaban J connectivity index is 1.91. The van der Waals surface area contributed by atoms with Crippen LogP contribution in [0.4, 0.5) is 0 Å². The van der Waals surface area contributed by atoms with E-state index in [1.807, 2.05) is 24.4 Å². The summed E-state index contributed by atoms with van der Waals surface area (Å²) in [5, 5.41) is 1.16. The van der Waals surface area contributed by atoms with E-state index in [1.165, 1.54) is 0 Å². The minimum absolute atomic E-state index is 0.154. The van der Waals surface area contributed by atoms with Gasteiger partial charge in [-0.1, -0.05) is 18.2 Å². The number of hydrogen-bond acceptors (Lipinski definition) is 4. The summed E-state index contributed by atoms with van der Waals surface area (Å²) in [6.45, 7) is 1.65. The second-order valence-corrected chi connectivity index (χ2v) is 5.06. The maximum atomic E-state index is 5.76. The molecule has 19 heavy (non-hydrogen) atoms. The lowest BCUT2D eigenvalue weighted by Gasteiger charge is -2.30. The van der Waals surface area contributed by atoms with Crippen LogP contribution in [0.3, 0.4) is 0 Å². The zero-order valence-electron chi connectivity index (χ0n) is 10.9. The van der Waals surface area contributed by atoms with Gasteiger partial charge >= 0.3 is 0 Å². The number of para-hydroxylation sites is 1. The number of aromatic nitrogens is 1. The SMILES string of the molecule is NNC(c1cnc2ccccc2c1)C1CCOCC1. The van der Waals surface area contributed by atoms with Gasteiger partial charge in [0, 0.05) is 24.8 Å². The molecular formula is C15H19N3O. The molecule has 1 aromatic heterocycles. The van der Waals surface area contributed by atoms with Crippen molar-refractivity contribution in [3.8, 4) is 0 Å². The van der Waals surface area contributed by atoms with Crippen LogP contribution in [0.2, 0.25) is 0 Å². The Labute approximate surface area is 112 Å². The molecule has 3 N–H and O–H groups in total.